The maximum Gasteiger partial charge on any atom is 0.128 e. The van der Waals surface area contributed by atoms with Crippen molar-refractivity contribution < 1.29 is 4.39 Å². The molecule has 0 aromatic heterocycles. The Bertz CT molecular complexity index is 324. The van der Waals surface area contributed by atoms with Gasteiger partial charge in [-0.3, -0.25) is 0 Å². The van der Waals surface area contributed by atoms with E-state index in [2.05, 4.69) is 6.07 Å². The van der Waals surface area contributed by atoms with Crippen LogP contribution in [-0.2, 0) is 6.42 Å². The van der Waals surface area contributed by atoms with Crippen molar-refractivity contribution in [2.24, 2.45) is 0 Å². The average Bonchev–Trinajstić information content (AvgIpc) is 1.93. The Morgan fingerprint density at radius 1 is 1.55 bits per heavy atom. The molecule has 1 aromatic carbocycles. The number of benzene rings is 1. The van der Waals surface area contributed by atoms with E-state index in [1.807, 2.05) is 6.07 Å². The van der Waals surface area contributed by atoms with Crippen molar-refractivity contribution in [2.75, 3.05) is 0 Å². The summed E-state index contributed by atoms with van der Waals surface area (Å²) in [5.41, 5.74) is 1.59. The summed E-state index contributed by atoms with van der Waals surface area (Å²) < 4.78 is 12.9. The van der Waals surface area contributed by atoms with Crippen LogP contribution in [-0.4, -0.2) is 0 Å². The third-order valence-corrected chi connectivity index (χ3v) is 2.07. The van der Waals surface area contributed by atoms with Crippen molar-refractivity contribution >= 4 is 0 Å². The van der Waals surface area contributed by atoms with Crippen molar-refractivity contribution in [3.63, 3.8) is 0 Å². The largest absolute Gasteiger partial charge is 0.207 e. The van der Waals surface area contributed by atoms with Gasteiger partial charge in [0.1, 0.15) is 5.82 Å². The summed E-state index contributed by atoms with van der Waals surface area (Å²) in [6.45, 7) is 0. The molecule has 0 fully saturated rings. The molecule has 0 unspecified atom stereocenters. The lowest BCUT2D eigenvalue weighted by atomic mass is 9.78. The SMILES string of the molecule is N#C[C@H]1Cc2cccc(F)c21. The van der Waals surface area contributed by atoms with E-state index in [0.717, 1.165) is 5.56 Å². The number of hydrogen-bond acceptors (Lipinski definition) is 1. The first-order chi connectivity index (χ1) is 5.33. The van der Waals surface area contributed by atoms with Gasteiger partial charge in [-0.1, -0.05) is 12.1 Å². The summed E-state index contributed by atoms with van der Waals surface area (Å²) in [6.07, 6.45) is 0.712. The molecule has 0 radical (unpaired) electrons. The Morgan fingerprint density at radius 3 is 3.00 bits per heavy atom. The highest BCUT2D eigenvalue weighted by atomic mass is 19.1. The van der Waals surface area contributed by atoms with Gasteiger partial charge in [0.25, 0.3) is 0 Å². The molecule has 1 aromatic rings. The van der Waals surface area contributed by atoms with E-state index in [-0.39, 0.29) is 11.7 Å². The maximum atomic E-state index is 12.9. The summed E-state index contributed by atoms with van der Waals surface area (Å²) in [6, 6.07) is 7.01. The molecule has 1 aliphatic carbocycles. The molecule has 0 spiro atoms. The molecule has 0 saturated carbocycles. The Morgan fingerprint density at radius 2 is 2.36 bits per heavy atom. The zero-order valence-electron chi connectivity index (χ0n) is 5.84. The van der Waals surface area contributed by atoms with Crippen LogP contribution in [0.5, 0.6) is 0 Å². The molecule has 0 heterocycles. The fourth-order valence-electron chi connectivity index (χ4n) is 1.45. The minimum Gasteiger partial charge on any atom is -0.207 e. The van der Waals surface area contributed by atoms with Gasteiger partial charge in [-0.25, -0.2) is 4.39 Å². The van der Waals surface area contributed by atoms with E-state index in [1.54, 1.807) is 6.07 Å². The number of nitriles is 1. The number of nitrogens with zero attached hydrogens (tertiary/aromatic N) is 1. The highest BCUT2D eigenvalue weighted by Crippen LogP contribution is 2.35. The van der Waals surface area contributed by atoms with Gasteiger partial charge in [0.15, 0.2) is 0 Å². The standard InChI is InChI=1S/C9H6FN/c10-8-3-1-2-6-4-7(5-11)9(6)8/h1-3,7H,4H2/t7-/m1/s1. The molecule has 0 N–H and O–H groups in total. The van der Waals surface area contributed by atoms with Gasteiger partial charge in [-0.15, -0.1) is 0 Å². The molecule has 2 heteroatoms. The van der Waals surface area contributed by atoms with Crippen LogP contribution in [0.4, 0.5) is 4.39 Å². The van der Waals surface area contributed by atoms with Crippen molar-refractivity contribution in [2.45, 2.75) is 12.3 Å². The summed E-state index contributed by atoms with van der Waals surface area (Å²) in [4.78, 5) is 0. The zero-order valence-corrected chi connectivity index (χ0v) is 5.84. The van der Waals surface area contributed by atoms with Gasteiger partial charge in [0, 0.05) is 5.56 Å². The summed E-state index contributed by atoms with van der Waals surface area (Å²) in [5.74, 6) is -0.438. The molecule has 1 aliphatic rings. The highest BCUT2D eigenvalue weighted by Gasteiger charge is 2.28. The summed E-state index contributed by atoms with van der Waals surface area (Å²) in [5, 5.41) is 8.54. The summed E-state index contributed by atoms with van der Waals surface area (Å²) in [7, 11) is 0. The van der Waals surface area contributed by atoms with E-state index in [4.69, 9.17) is 5.26 Å². The zero-order chi connectivity index (χ0) is 7.84. The van der Waals surface area contributed by atoms with E-state index < -0.39 is 0 Å². The van der Waals surface area contributed by atoms with Crippen molar-refractivity contribution in [3.8, 4) is 6.07 Å². The minimum atomic E-state index is -0.236. The molecular formula is C9H6FN. The molecule has 2 rings (SSSR count). The van der Waals surface area contributed by atoms with Crippen molar-refractivity contribution in [1.82, 2.24) is 0 Å². The Balaban J connectivity index is 2.53. The second-order valence-corrected chi connectivity index (χ2v) is 2.70. The monoisotopic (exact) mass is 147 g/mol. The molecule has 11 heavy (non-hydrogen) atoms. The first kappa shape index (κ1) is 6.36. The van der Waals surface area contributed by atoms with Crippen LogP contribution in [0.15, 0.2) is 18.2 Å². The topological polar surface area (TPSA) is 23.8 Å². The lowest BCUT2D eigenvalue weighted by Crippen LogP contribution is -2.17. The average molecular weight is 147 g/mol. The second kappa shape index (κ2) is 2.06. The molecule has 0 saturated heterocycles. The molecular weight excluding hydrogens is 141 g/mol. The number of halogens is 1. The van der Waals surface area contributed by atoms with Gasteiger partial charge in [-0.05, 0) is 18.1 Å². The first-order valence-corrected chi connectivity index (χ1v) is 3.50. The van der Waals surface area contributed by atoms with Crippen LogP contribution in [0.2, 0.25) is 0 Å². The van der Waals surface area contributed by atoms with Gasteiger partial charge < -0.3 is 0 Å². The van der Waals surface area contributed by atoms with E-state index in [1.165, 1.54) is 6.07 Å². The third-order valence-electron chi connectivity index (χ3n) is 2.07. The molecule has 0 bridgehead atoms. The van der Waals surface area contributed by atoms with Crippen LogP contribution in [0.1, 0.15) is 17.0 Å². The predicted octanol–water partition coefficient (Wildman–Crippen LogP) is 1.99. The van der Waals surface area contributed by atoms with Gasteiger partial charge in [0.2, 0.25) is 0 Å². The number of fused-ring (bicyclic) bond motifs is 1. The van der Waals surface area contributed by atoms with E-state index in [9.17, 15) is 4.39 Å². The molecule has 0 amide bonds. The number of rotatable bonds is 0. The predicted molar refractivity (Wildman–Crippen MR) is 38.5 cm³/mol. The fourth-order valence-corrected chi connectivity index (χ4v) is 1.45. The quantitative estimate of drug-likeness (QED) is 0.550. The lowest BCUT2D eigenvalue weighted by molar-refractivity contribution is 0.572. The third kappa shape index (κ3) is 0.743. The van der Waals surface area contributed by atoms with Crippen LogP contribution in [0.3, 0.4) is 0 Å². The maximum absolute atomic E-state index is 12.9. The van der Waals surface area contributed by atoms with Gasteiger partial charge in [-0.2, -0.15) is 5.26 Å². The Labute approximate surface area is 64.1 Å². The molecule has 0 aliphatic heterocycles. The van der Waals surface area contributed by atoms with Crippen LogP contribution in [0.25, 0.3) is 0 Å². The molecule has 1 nitrogen and oxygen atoms in total. The van der Waals surface area contributed by atoms with Gasteiger partial charge >= 0.3 is 0 Å². The van der Waals surface area contributed by atoms with Crippen molar-refractivity contribution in [3.05, 3.63) is 35.1 Å². The fraction of sp³-hybridized carbons (Fsp3) is 0.222. The van der Waals surface area contributed by atoms with E-state index >= 15 is 0 Å². The number of hydrogen-bond donors (Lipinski definition) is 0. The normalized spacial score (nSPS) is 19.8. The lowest BCUT2D eigenvalue weighted by Gasteiger charge is -2.24. The Hall–Kier alpha value is -1.36. The van der Waals surface area contributed by atoms with Gasteiger partial charge in [0.05, 0.1) is 12.0 Å². The Kier molecular flexibility index (Phi) is 1.19. The van der Waals surface area contributed by atoms with Crippen molar-refractivity contribution in [1.29, 1.82) is 5.26 Å². The second-order valence-electron chi connectivity index (χ2n) is 2.70. The molecule has 54 valence electrons. The van der Waals surface area contributed by atoms with Crippen LogP contribution in [0, 0.1) is 17.1 Å². The summed E-state index contributed by atoms with van der Waals surface area (Å²) >= 11 is 0. The smallest absolute Gasteiger partial charge is 0.128 e. The van der Waals surface area contributed by atoms with Crippen LogP contribution < -0.4 is 0 Å². The van der Waals surface area contributed by atoms with E-state index in [0.29, 0.717) is 12.0 Å². The first-order valence-electron chi connectivity index (χ1n) is 3.50. The van der Waals surface area contributed by atoms with Crippen LogP contribution >= 0.6 is 0 Å². The minimum absolute atomic E-state index is 0.203. The highest BCUT2D eigenvalue weighted by molar-refractivity contribution is 5.44. The molecule has 1 atom stereocenters.